The minimum atomic E-state index is -0.403. The molecule has 2 fully saturated rings. The van der Waals surface area contributed by atoms with Gasteiger partial charge in [0.25, 0.3) is 0 Å². The van der Waals surface area contributed by atoms with Crippen LogP contribution in [0.5, 0.6) is 0 Å². The van der Waals surface area contributed by atoms with E-state index in [-0.39, 0.29) is 6.29 Å². The maximum atomic E-state index is 9.67. The molecule has 1 heterocycles. The molecule has 1 aliphatic carbocycles. The number of hydrogen-bond donors (Lipinski definition) is 0. The van der Waals surface area contributed by atoms with Gasteiger partial charge < -0.3 is 9.47 Å². The number of hydrogen-bond acceptors (Lipinski definition) is 3. The normalized spacial score (nSPS) is 32.3. The molecule has 0 bridgehead atoms. The molecule has 1 saturated carbocycles. The first kappa shape index (κ1) is 21.7. The van der Waals surface area contributed by atoms with Crippen molar-refractivity contribution in [2.24, 2.45) is 17.3 Å². The predicted molar refractivity (Wildman–Crippen MR) is 107 cm³/mol. The van der Waals surface area contributed by atoms with Crippen molar-refractivity contribution in [3.63, 3.8) is 0 Å². The van der Waals surface area contributed by atoms with E-state index in [1.54, 1.807) is 0 Å². The van der Waals surface area contributed by atoms with Crippen LogP contribution in [0.1, 0.15) is 104 Å². The molecule has 0 N–H and O–H groups in total. The van der Waals surface area contributed by atoms with Crippen molar-refractivity contribution in [2.45, 2.75) is 110 Å². The van der Waals surface area contributed by atoms with Crippen LogP contribution in [0.2, 0.25) is 0 Å². The Bertz CT molecular complexity index is 401. The summed E-state index contributed by atoms with van der Waals surface area (Å²) in [5.41, 5.74) is -0.403. The molecule has 0 atom stereocenters. The van der Waals surface area contributed by atoms with Gasteiger partial charge in [-0.3, -0.25) is 0 Å². The van der Waals surface area contributed by atoms with Gasteiger partial charge in [-0.05, 0) is 38.0 Å². The fourth-order valence-electron chi connectivity index (χ4n) is 4.61. The lowest BCUT2D eigenvalue weighted by atomic mass is 9.78. The first-order valence-electron chi connectivity index (χ1n) is 11.4. The van der Waals surface area contributed by atoms with E-state index in [1.807, 2.05) is 0 Å². The predicted octanol–water partition coefficient (Wildman–Crippen LogP) is 6.62. The van der Waals surface area contributed by atoms with Gasteiger partial charge in [0.2, 0.25) is 0 Å². The standard InChI is InChI=1S/C23H41NO2/c1-3-5-7-8-10-16-23(17-24)18-25-22(26-19-23)21-14-12-20(13-15-21)11-9-6-4-2/h20-22H,3-16,18-19H2,1-2H3. The van der Waals surface area contributed by atoms with Crippen molar-refractivity contribution < 1.29 is 9.47 Å². The number of nitriles is 1. The molecule has 150 valence electrons. The summed E-state index contributed by atoms with van der Waals surface area (Å²) in [6, 6.07) is 2.52. The Morgan fingerprint density at radius 3 is 2.08 bits per heavy atom. The van der Waals surface area contributed by atoms with E-state index in [1.165, 1.54) is 77.0 Å². The monoisotopic (exact) mass is 363 g/mol. The van der Waals surface area contributed by atoms with E-state index >= 15 is 0 Å². The van der Waals surface area contributed by atoms with E-state index in [0.717, 1.165) is 18.8 Å². The summed E-state index contributed by atoms with van der Waals surface area (Å²) in [7, 11) is 0. The van der Waals surface area contributed by atoms with Crippen LogP contribution in [-0.2, 0) is 9.47 Å². The van der Waals surface area contributed by atoms with E-state index in [4.69, 9.17) is 9.47 Å². The highest BCUT2D eigenvalue weighted by Gasteiger charge is 2.40. The Morgan fingerprint density at radius 1 is 0.846 bits per heavy atom. The summed E-state index contributed by atoms with van der Waals surface area (Å²) in [5, 5.41) is 9.67. The number of nitrogens with zero attached hydrogens (tertiary/aromatic N) is 1. The Labute approximate surface area is 161 Å². The molecule has 0 aromatic rings. The van der Waals surface area contributed by atoms with Gasteiger partial charge in [0.05, 0.1) is 19.3 Å². The Morgan fingerprint density at radius 2 is 1.46 bits per heavy atom. The van der Waals surface area contributed by atoms with Crippen LogP contribution in [0.4, 0.5) is 0 Å². The number of unbranched alkanes of at least 4 members (excludes halogenated alkanes) is 6. The third-order valence-corrected chi connectivity index (χ3v) is 6.54. The zero-order valence-electron chi connectivity index (χ0n) is 17.3. The molecule has 1 aliphatic heterocycles. The molecule has 0 aromatic carbocycles. The van der Waals surface area contributed by atoms with Gasteiger partial charge >= 0.3 is 0 Å². The third-order valence-electron chi connectivity index (χ3n) is 6.54. The van der Waals surface area contributed by atoms with Crippen LogP contribution >= 0.6 is 0 Å². The van der Waals surface area contributed by atoms with Gasteiger partial charge in [0, 0.05) is 5.92 Å². The zero-order chi connectivity index (χ0) is 18.7. The fourth-order valence-corrected chi connectivity index (χ4v) is 4.61. The van der Waals surface area contributed by atoms with Gasteiger partial charge in [-0.15, -0.1) is 0 Å². The molecule has 0 aromatic heterocycles. The summed E-state index contributed by atoms with van der Waals surface area (Å²) >= 11 is 0. The van der Waals surface area contributed by atoms with Crippen LogP contribution in [-0.4, -0.2) is 19.5 Å². The highest BCUT2D eigenvalue weighted by molar-refractivity contribution is 5.00. The minimum Gasteiger partial charge on any atom is -0.351 e. The molecule has 2 rings (SSSR count). The summed E-state index contributed by atoms with van der Waals surface area (Å²) in [5.74, 6) is 1.46. The van der Waals surface area contributed by atoms with Gasteiger partial charge in [-0.25, -0.2) is 0 Å². The molecule has 0 unspecified atom stereocenters. The van der Waals surface area contributed by atoms with Crippen LogP contribution in [0.25, 0.3) is 0 Å². The lowest BCUT2D eigenvalue weighted by Gasteiger charge is -2.40. The zero-order valence-corrected chi connectivity index (χ0v) is 17.3. The SMILES string of the molecule is CCCCCCCC1(C#N)COC(C2CCC(CCCCC)CC2)OC1. The van der Waals surface area contributed by atoms with Crippen molar-refractivity contribution in [3.8, 4) is 6.07 Å². The summed E-state index contributed by atoms with van der Waals surface area (Å²) in [6.45, 7) is 5.65. The lowest BCUT2D eigenvalue weighted by molar-refractivity contribution is -0.244. The van der Waals surface area contributed by atoms with Crippen molar-refractivity contribution in [2.75, 3.05) is 13.2 Å². The maximum absolute atomic E-state index is 9.67. The second-order valence-corrected chi connectivity index (χ2v) is 8.82. The molecule has 3 nitrogen and oxygen atoms in total. The maximum Gasteiger partial charge on any atom is 0.160 e. The summed E-state index contributed by atoms with van der Waals surface area (Å²) in [4.78, 5) is 0. The molecule has 3 heteroatoms. The van der Waals surface area contributed by atoms with E-state index in [2.05, 4.69) is 19.9 Å². The van der Waals surface area contributed by atoms with E-state index < -0.39 is 5.41 Å². The lowest BCUT2D eigenvalue weighted by Crippen LogP contribution is -2.44. The molecule has 2 aliphatic rings. The second kappa shape index (κ2) is 12.0. The topological polar surface area (TPSA) is 42.2 Å². The Hall–Kier alpha value is -0.590. The van der Waals surface area contributed by atoms with Crippen molar-refractivity contribution in [3.05, 3.63) is 0 Å². The number of rotatable bonds is 11. The Balaban J connectivity index is 1.66. The van der Waals surface area contributed by atoms with Crippen LogP contribution < -0.4 is 0 Å². The van der Waals surface area contributed by atoms with E-state index in [9.17, 15) is 5.26 Å². The number of ether oxygens (including phenoxy) is 2. The molecule has 0 spiro atoms. The highest BCUT2D eigenvalue weighted by Crippen LogP contribution is 2.38. The van der Waals surface area contributed by atoms with Crippen LogP contribution in [0, 0.1) is 28.6 Å². The first-order chi connectivity index (χ1) is 12.7. The quantitative estimate of drug-likeness (QED) is 0.387. The summed E-state index contributed by atoms with van der Waals surface area (Å²) < 4.78 is 12.2. The molecular formula is C23H41NO2. The fraction of sp³-hybridized carbons (Fsp3) is 0.957. The molecular weight excluding hydrogens is 322 g/mol. The summed E-state index contributed by atoms with van der Waals surface area (Å²) in [6.07, 6.45) is 17.7. The first-order valence-corrected chi connectivity index (χ1v) is 11.4. The molecule has 26 heavy (non-hydrogen) atoms. The average Bonchev–Trinajstić information content (AvgIpc) is 2.69. The largest absolute Gasteiger partial charge is 0.351 e. The smallest absolute Gasteiger partial charge is 0.160 e. The minimum absolute atomic E-state index is 0.0619. The van der Waals surface area contributed by atoms with Crippen molar-refractivity contribution in [1.29, 1.82) is 5.26 Å². The Kier molecular flexibility index (Phi) is 10.0. The molecule has 0 radical (unpaired) electrons. The molecule has 0 amide bonds. The highest BCUT2D eigenvalue weighted by atomic mass is 16.7. The third kappa shape index (κ3) is 6.86. The molecule has 1 saturated heterocycles. The van der Waals surface area contributed by atoms with E-state index in [0.29, 0.717) is 19.1 Å². The van der Waals surface area contributed by atoms with Crippen LogP contribution in [0.3, 0.4) is 0 Å². The van der Waals surface area contributed by atoms with Crippen molar-refractivity contribution >= 4 is 0 Å². The van der Waals surface area contributed by atoms with Gasteiger partial charge in [-0.1, -0.05) is 71.6 Å². The second-order valence-electron chi connectivity index (χ2n) is 8.82. The van der Waals surface area contributed by atoms with Gasteiger partial charge in [0.1, 0.15) is 5.41 Å². The van der Waals surface area contributed by atoms with Crippen LogP contribution in [0.15, 0.2) is 0 Å². The van der Waals surface area contributed by atoms with Gasteiger partial charge in [-0.2, -0.15) is 5.26 Å². The average molecular weight is 364 g/mol. The van der Waals surface area contributed by atoms with Crippen molar-refractivity contribution in [1.82, 2.24) is 0 Å². The van der Waals surface area contributed by atoms with Gasteiger partial charge in [0.15, 0.2) is 6.29 Å².